The van der Waals surface area contributed by atoms with Crippen LogP contribution in [-0.4, -0.2) is 7.11 Å². The molecule has 1 heteroatoms. The van der Waals surface area contributed by atoms with E-state index in [0.29, 0.717) is 0 Å². The van der Waals surface area contributed by atoms with E-state index in [-0.39, 0.29) is 5.41 Å². The van der Waals surface area contributed by atoms with E-state index >= 15 is 0 Å². The molecule has 23 heavy (non-hydrogen) atoms. The Morgan fingerprint density at radius 1 is 1.00 bits per heavy atom. The second kappa shape index (κ2) is 5.13. The first-order chi connectivity index (χ1) is 11.1. The number of hydrogen-bond acceptors (Lipinski definition) is 1. The zero-order chi connectivity index (χ0) is 16.0. The number of fused-ring (bicyclic) bond motifs is 2. The SMILES string of the molecule is COc1ccc(C23CC=C(C)C2=Cc2cc(C)ccc2C3)cc1. The van der Waals surface area contributed by atoms with E-state index < -0.39 is 0 Å². The van der Waals surface area contributed by atoms with Crippen molar-refractivity contribution in [3.8, 4) is 5.75 Å². The Hall–Kier alpha value is -2.28. The number of methoxy groups -OCH3 is 1. The molecule has 0 amide bonds. The van der Waals surface area contributed by atoms with Crippen LogP contribution in [0.4, 0.5) is 0 Å². The smallest absolute Gasteiger partial charge is 0.118 e. The average molecular weight is 302 g/mol. The van der Waals surface area contributed by atoms with Crippen LogP contribution in [0.3, 0.4) is 0 Å². The van der Waals surface area contributed by atoms with Crippen molar-refractivity contribution in [3.63, 3.8) is 0 Å². The number of benzene rings is 2. The number of aryl methyl sites for hydroxylation is 1. The van der Waals surface area contributed by atoms with Gasteiger partial charge < -0.3 is 4.74 Å². The van der Waals surface area contributed by atoms with Crippen molar-refractivity contribution in [2.45, 2.75) is 32.1 Å². The molecule has 0 radical (unpaired) electrons. The third kappa shape index (κ3) is 2.15. The van der Waals surface area contributed by atoms with Crippen molar-refractivity contribution in [1.82, 2.24) is 0 Å². The second-order valence-electron chi connectivity index (χ2n) is 6.84. The molecule has 0 bridgehead atoms. The maximum absolute atomic E-state index is 5.33. The standard InChI is InChI=1S/C22H22O/c1-15-4-5-17-14-22(19-6-8-20(23-3)9-7-19)11-10-16(2)21(22)13-18(17)12-15/h4-10,12-13H,11,14H2,1-3H3. The van der Waals surface area contributed by atoms with Crippen molar-refractivity contribution >= 4 is 6.08 Å². The predicted molar refractivity (Wildman–Crippen MR) is 95.9 cm³/mol. The molecule has 0 saturated heterocycles. The maximum Gasteiger partial charge on any atom is 0.118 e. The molecule has 2 aromatic carbocycles. The summed E-state index contributed by atoms with van der Waals surface area (Å²) in [5.74, 6) is 0.921. The van der Waals surface area contributed by atoms with Crippen molar-refractivity contribution < 1.29 is 4.74 Å². The molecule has 0 fully saturated rings. The van der Waals surface area contributed by atoms with Crippen LogP contribution < -0.4 is 4.74 Å². The Balaban J connectivity index is 1.86. The van der Waals surface area contributed by atoms with Crippen molar-refractivity contribution in [3.05, 3.63) is 81.9 Å². The lowest BCUT2D eigenvalue weighted by atomic mass is 9.66. The van der Waals surface area contributed by atoms with Gasteiger partial charge in [-0.05, 0) is 61.1 Å². The van der Waals surface area contributed by atoms with E-state index in [9.17, 15) is 0 Å². The van der Waals surface area contributed by atoms with Gasteiger partial charge in [-0.3, -0.25) is 0 Å². The topological polar surface area (TPSA) is 9.23 Å². The average Bonchev–Trinajstić information content (AvgIpc) is 2.90. The Kier molecular flexibility index (Phi) is 3.19. The number of rotatable bonds is 2. The molecule has 1 nitrogen and oxygen atoms in total. The minimum atomic E-state index is 0.0958. The highest BCUT2D eigenvalue weighted by molar-refractivity contribution is 5.72. The fraction of sp³-hybridized carbons (Fsp3) is 0.273. The van der Waals surface area contributed by atoms with E-state index in [1.54, 1.807) is 7.11 Å². The van der Waals surface area contributed by atoms with Crippen LogP contribution in [0.2, 0.25) is 0 Å². The summed E-state index contributed by atoms with van der Waals surface area (Å²) in [6.07, 6.45) is 6.97. The normalized spacial score (nSPS) is 22.0. The first-order valence-electron chi connectivity index (χ1n) is 8.26. The monoisotopic (exact) mass is 302 g/mol. The van der Waals surface area contributed by atoms with Gasteiger partial charge in [0.15, 0.2) is 0 Å². The number of hydrogen-bond donors (Lipinski definition) is 0. The molecule has 0 aromatic heterocycles. The molecule has 2 aromatic rings. The fourth-order valence-electron chi connectivity index (χ4n) is 4.12. The van der Waals surface area contributed by atoms with Gasteiger partial charge in [0.2, 0.25) is 0 Å². The summed E-state index contributed by atoms with van der Waals surface area (Å²) in [5.41, 5.74) is 8.57. The van der Waals surface area contributed by atoms with E-state index in [1.807, 2.05) is 0 Å². The van der Waals surface area contributed by atoms with Gasteiger partial charge in [-0.1, -0.05) is 53.6 Å². The van der Waals surface area contributed by atoms with E-state index in [2.05, 4.69) is 68.5 Å². The molecule has 0 N–H and O–H groups in total. The highest BCUT2D eigenvalue weighted by atomic mass is 16.5. The Morgan fingerprint density at radius 3 is 2.52 bits per heavy atom. The lowest BCUT2D eigenvalue weighted by molar-refractivity contribution is 0.414. The van der Waals surface area contributed by atoms with Crippen LogP contribution in [0.25, 0.3) is 6.08 Å². The zero-order valence-electron chi connectivity index (χ0n) is 14.0. The van der Waals surface area contributed by atoms with Crippen LogP contribution >= 0.6 is 0 Å². The summed E-state index contributed by atoms with van der Waals surface area (Å²) in [7, 11) is 1.72. The van der Waals surface area contributed by atoms with Gasteiger partial charge in [-0.15, -0.1) is 0 Å². The Bertz CT molecular complexity index is 824. The molecule has 1 atom stereocenters. The van der Waals surface area contributed by atoms with E-state index in [4.69, 9.17) is 4.74 Å². The summed E-state index contributed by atoms with van der Waals surface area (Å²) in [4.78, 5) is 0. The molecule has 0 aliphatic heterocycles. The molecule has 2 aliphatic carbocycles. The summed E-state index contributed by atoms with van der Waals surface area (Å²) >= 11 is 0. The van der Waals surface area contributed by atoms with Crippen molar-refractivity contribution in [2.24, 2.45) is 0 Å². The van der Waals surface area contributed by atoms with Gasteiger partial charge in [0.25, 0.3) is 0 Å². The number of ether oxygens (including phenoxy) is 1. The number of allylic oxidation sites excluding steroid dienone is 3. The summed E-state index contributed by atoms with van der Waals surface area (Å²) in [6, 6.07) is 15.5. The molecule has 0 spiro atoms. The quantitative estimate of drug-likeness (QED) is 0.738. The Labute approximate surface area is 138 Å². The van der Waals surface area contributed by atoms with Crippen LogP contribution in [0.5, 0.6) is 5.75 Å². The van der Waals surface area contributed by atoms with E-state index in [0.717, 1.165) is 18.6 Å². The van der Waals surface area contributed by atoms with Crippen LogP contribution in [0, 0.1) is 6.92 Å². The lowest BCUT2D eigenvalue weighted by Gasteiger charge is -2.37. The molecule has 0 saturated carbocycles. The van der Waals surface area contributed by atoms with Gasteiger partial charge >= 0.3 is 0 Å². The van der Waals surface area contributed by atoms with Crippen molar-refractivity contribution in [1.29, 1.82) is 0 Å². The zero-order valence-corrected chi connectivity index (χ0v) is 14.0. The molecule has 2 aliphatic rings. The summed E-state index contributed by atoms with van der Waals surface area (Å²) in [5, 5.41) is 0. The summed E-state index contributed by atoms with van der Waals surface area (Å²) < 4.78 is 5.33. The highest BCUT2D eigenvalue weighted by Gasteiger charge is 2.42. The van der Waals surface area contributed by atoms with Crippen LogP contribution in [0.15, 0.2) is 59.7 Å². The molecular weight excluding hydrogens is 280 g/mol. The molecule has 0 heterocycles. The minimum Gasteiger partial charge on any atom is -0.497 e. The van der Waals surface area contributed by atoms with Crippen LogP contribution in [-0.2, 0) is 11.8 Å². The molecule has 4 rings (SSSR count). The molecule has 1 unspecified atom stereocenters. The third-order valence-electron chi connectivity index (χ3n) is 5.43. The Morgan fingerprint density at radius 2 is 1.78 bits per heavy atom. The van der Waals surface area contributed by atoms with Gasteiger partial charge in [-0.25, -0.2) is 0 Å². The first kappa shape index (κ1) is 14.3. The third-order valence-corrected chi connectivity index (χ3v) is 5.43. The van der Waals surface area contributed by atoms with Gasteiger partial charge in [0.05, 0.1) is 7.11 Å². The second-order valence-corrected chi connectivity index (χ2v) is 6.84. The van der Waals surface area contributed by atoms with Gasteiger partial charge in [-0.2, -0.15) is 0 Å². The fourth-order valence-corrected chi connectivity index (χ4v) is 4.12. The van der Waals surface area contributed by atoms with Gasteiger partial charge in [0, 0.05) is 5.41 Å². The first-order valence-corrected chi connectivity index (χ1v) is 8.26. The van der Waals surface area contributed by atoms with Gasteiger partial charge in [0.1, 0.15) is 5.75 Å². The molecular formula is C22H22O. The van der Waals surface area contributed by atoms with Crippen molar-refractivity contribution in [2.75, 3.05) is 7.11 Å². The summed E-state index contributed by atoms with van der Waals surface area (Å²) in [6.45, 7) is 4.42. The minimum absolute atomic E-state index is 0.0958. The van der Waals surface area contributed by atoms with Crippen LogP contribution in [0.1, 0.15) is 35.6 Å². The molecule has 116 valence electrons. The van der Waals surface area contributed by atoms with E-state index in [1.165, 1.54) is 33.4 Å². The lowest BCUT2D eigenvalue weighted by Crippen LogP contribution is -2.31. The predicted octanol–water partition coefficient (Wildman–Crippen LogP) is 5.23. The largest absolute Gasteiger partial charge is 0.497 e. The maximum atomic E-state index is 5.33. The highest BCUT2D eigenvalue weighted by Crippen LogP contribution is 2.51.